The molecule has 2 fully saturated rings. The van der Waals surface area contributed by atoms with E-state index >= 15 is 0 Å². The summed E-state index contributed by atoms with van der Waals surface area (Å²) in [4.78, 5) is 7.38. The minimum atomic E-state index is 0. The van der Waals surface area contributed by atoms with Crippen LogP contribution in [-0.4, -0.2) is 69.1 Å². The van der Waals surface area contributed by atoms with Crippen LogP contribution in [0.15, 0.2) is 10.1 Å². The highest BCUT2D eigenvalue weighted by Gasteiger charge is 2.24. The number of nitrogens with one attached hydrogen (secondary N) is 1. The van der Waals surface area contributed by atoms with Gasteiger partial charge in [0.25, 0.3) is 0 Å². The molecule has 1 saturated carbocycles. The molecule has 166 valence electrons. The van der Waals surface area contributed by atoms with Gasteiger partial charge in [-0.3, -0.25) is 4.99 Å². The molecule has 1 saturated heterocycles. The first-order valence-corrected chi connectivity index (χ1v) is 13.2. The summed E-state index contributed by atoms with van der Waals surface area (Å²) in [6, 6.07) is 0.602. The summed E-state index contributed by atoms with van der Waals surface area (Å²) in [6.45, 7) is 8.41. The quantitative estimate of drug-likeness (QED) is 0.169. The average molecular weight is 553 g/mol. The number of aromatic nitrogens is 3. The van der Waals surface area contributed by atoms with Gasteiger partial charge in [-0.25, -0.2) is 0 Å². The van der Waals surface area contributed by atoms with Gasteiger partial charge in [-0.15, -0.1) is 34.2 Å². The Balaban J connectivity index is 0.00000300. The first kappa shape index (κ1) is 25.1. The van der Waals surface area contributed by atoms with Gasteiger partial charge in [0.2, 0.25) is 0 Å². The van der Waals surface area contributed by atoms with Gasteiger partial charge in [0.15, 0.2) is 11.1 Å². The SMILES string of the molecule is CCNC(=NCCCc1nnc(SC)n1C1CCCC1)N1CCSC(CC)C1.I. The smallest absolute Gasteiger partial charge is 0.193 e. The van der Waals surface area contributed by atoms with Crippen LogP contribution in [0.25, 0.3) is 0 Å². The van der Waals surface area contributed by atoms with Crippen LogP contribution in [0.1, 0.15) is 64.2 Å². The number of hydrogen-bond acceptors (Lipinski definition) is 5. The van der Waals surface area contributed by atoms with E-state index in [0.717, 1.165) is 61.2 Å². The number of rotatable bonds is 8. The molecule has 6 nitrogen and oxygen atoms in total. The van der Waals surface area contributed by atoms with E-state index < -0.39 is 0 Å². The minimum Gasteiger partial charge on any atom is -0.357 e. The van der Waals surface area contributed by atoms with Gasteiger partial charge in [-0.2, -0.15) is 11.8 Å². The van der Waals surface area contributed by atoms with Gasteiger partial charge < -0.3 is 14.8 Å². The van der Waals surface area contributed by atoms with E-state index in [-0.39, 0.29) is 24.0 Å². The molecule has 1 aromatic heterocycles. The van der Waals surface area contributed by atoms with Crippen molar-refractivity contribution in [2.45, 2.75) is 75.2 Å². The third-order valence-electron chi connectivity index (χ3n) is 5.66. The molecule has 2 heterocycles. The van der Waals surface area contributed by atoms with Crippen molar-refractivity contribution in [1.82, 2.24) is 25.0 Å². The molecule has 1 N–H and O–H groups in total. The number of halogens is 1. The highest BCUT2D eigenvalue weighted by Crippen LogP contribution is 2.33. The maximum absolute atomic E-state index is 4.93. The molecule has 1 aromatic rings. The number of aryl methyl sites for hydroxylation is 1. The summed E-state index contributed by atoms with van der Waals surface area (Å²) >= 11 is 3.82. The zero-order chi connectivity index (χ0) is 19.8. The molecule has 2 aliphatic rings. The summed E-state index contributed by atoms with van der Waals surface area (Å²) in [5.41, 5.74) is 0. The fourth-order valence-electron chi connectivity index (χ4n) is 4.15. The largest absolute Gasteiger partial charge is 0.357 e. The van der Waals surface area contributed by atoms with E-state index in [9.17, 15) is 0 Å². The Labute approximate surface area is 201 Å². The van der Waals surface area contributed by atoms with Crippen LogP contribution in [0.4, 0.5) is 0 Å². The fourth-order valence-corrected chi connectivity index (χ4v) is 5.91. The lowest BCUT2D eigenvalue weighted by Crippen LogP contribution is -2.48. The zero-order valence-electron chi connectivity index (χ0n) is 18.1. The Hall–Kier alpha value is -0.160. The van der Waals surface area contributed by atoms with Crippen molar-refractivity contribution in [2.75, 3.05) is 38.2 Å². The van der Waals surface area contributed by atoms with Gasteiger partial charge in [-0.1, -0.05) is 31.5 Å². The first-order chi connectivity index (χ1) is 13.8. The predicted molar refractivity (Wildman–Crippen MR) is 137 cm³/mol. The highest BCUT2D eigenvalue weighted by molar-refractivity contribution is 14.0. The number of hydrogen-bond donors (Lipinski definition) is 1. The van der Waals surface area contributed by atoms with Gasteiger partial charge in [0.05, 0.1) is 0 Å². The summed E-state index contributed by atoms with van der Waals surface area (Å²) in [5.74, 6) is 3.44. The molecule has 1 aliphatic heterocycles. The van der Waals surface area contributed by atoms with Crippen LogP contribution in [-0.2, 0) is 6.42 Å². The zero-order valence-corrected chi connectivity index (χ0v) is 22.1. The molecule has 1 atom stereocenters. The van der Waals surface area contributed by atoms with E-state index in [1.54, 1.807) is 11.8 Å². The van der Waals surface area contributed by atoms with Crippen molar-refractivity contribution in [3.05, 3.63) is 5.82 Å². The molecule has 9 heteroatoms. The fraction of sp³-hybridized carbons (Fsp3) is 0.850. The number of guanidine groups is 1. The second kappa shape index (κ2) is 13.3. The van der Waals surface area contributed by atoms with Crippen LogP contribution in [0.2, 0.25) is 0 Å². The van der Waals surface area contributed by atoms with Gasteiger partial charge >= 0.3 is 0 Å². The van der Waals surface area contributed by atoms with Gasteiger partial charge in [0.1, 0.15) is 5.82 Å². The number of thioether (sulfide) groups is 2. The summed E-state index contributed by atoms with van der Waals surface area (Å²) in [6.07, 6.45) is 10.5. The van der Waals surface area contributed by atoms with Gasteiger partial charge in [-0.05, 0) is 38.9 Å². The van der Waals surface area contributed by atoms with Crippen molar-refractivity contribution in [2.24, 2.45) is 4.99 Å². The molecule has 0 spiro atoms. The Kier molecular flexibility index (Phi) is 11.5. The summed E-state index contributed by atoms with van der Waals surface area (Å²) < 4.78 is 2.42. The molecule has 3 rings (SSSR count). The Bertz CT molecular complexity index is 632. The molecule has 29 heavy (non-hydrogen) atoms. The Morgan fingerprint density at radius 3 is 2.76 bits per heavy atom. The third-order valence-corrected chi connectivity index (χ3v) is 7.67. The van der Waals surface area contributed by atoms with Crippen LogP contribution < -0.4 is 5.32 Å². The number of nitrogens with zero attached hydrogens (tertiary/aromatic N) is 5. The maximum Gasteiger partial charge on any atom is 0.193 e. The lowest BCUT2D eigenvalue weighted by molar-refractivity contribution is 0.408. The van der Waals surface area contributed by atoms with E-state index in [1.807, 2.05) is 0 Å². The lowest BCUT2D eigenvalue weighted by atomic mass is 10.2. The lowest BCUT2D eigenvalue weighted by Gasteiger charge is -2.34. The topological polar surface area (TPSA) is 58.3 Å². The van der Waals surface area contributed by atoms with E-state index in [1.165, 1.54) is 37.9 Å². The van der Waals surface area contributed by atoms with E-state index in [2.05, 4.69) is 56.8 Å². The first-order valence-electron chi connectivity index (χ1n) is 10.9. The average Bonchev–Trinajstić information content (AvgIpc) is 3.39. The molecule has 0 aromatic carbocycles. The second-order valence-corrected chi connectivity index (χ2v) is 9.78. The van der Waals surface area contributed by atoms with Crippen molar-refractivity contribution in [3.8, 4) is 0 Å². The van der Waals surface area contributed by atoms with Crippen molar-refractivity contribution >= 4 is 53.5 Å². The monoisotopic (exact) mass is 552 g/mol. The van der Waals surface area contributed by atoms with E-state index in [4.69, 9.17) is 4.99 Å². The van der Waals surface area contributed by atoms with Crippen LogP contribution in [0.3, 0.4) is 0 Å². The molecular weight excluding hydrogens is 515 g/mol. The van der Waals surface area contributed by atoms with Crippen molar-refractivity contribution < 1.29 is 0 Å². The van der Waals surface area contributed by atoms with Crippen molar-refractivity contribution in [3.63, 3.8) is 0 Å². The Morgan fingerprint density at radius 1 is 1.28 bits per heavy atom. The molecule has 1 aliphatic carbocycles. The van der Waals surface area contributed by atoms with E-state index in [0.29, 0.717) is 6.04 Å². The molecule has 0 amide bonds. The standard InChI is InChI=1S/C20H36N6S2.HI/c1-4-17-15-25(13-14-28-17)19(21-5-2)22-12-8-11-18-23-24-20(27-3)26(18)16-9-6-7-10-16;/h16-17H,4-15H2,1-3H3,(H,21,22);1H. The third kappa shape index (κ3) is 6.92. The second-order valence-electron chi connectivity index (χ2n) is 7.60. The normalized spacial score (nSPS) is 20.7. The van der Waals surface area contributed by atoms with Crippen molar-refractivity contribution in [1.29, 1.82) is 0 Å². The van der Waals surface area contributed by atoms with Crippen LogP contribution in [0, 0.1) is 0 Å². The highest BCUT2D eigenvalue weighted by atomic mass is 127. The molecule has 1 unspecified atom stereocenters. The summed E-state index contributed by atoms with van der Waals surface area (Å²) in [7, 11) is 0. The minimum absolute atomic E-state index is 0. The Morgan fingerprint density at radius 2 is 2.07 bits per heavy atom. The number of aliphatic imine (C=N–C) groups is 1. The predicted octanol–water partition coefficient (Wildman–Crippen LogP) is 4.46. The maximum atomic E-state index is 4.93. The van der Waals surface area contributed by atoms with Crippen LogP contribution >= 0.6 is 47.5 Å². The molecule has 0 bridgehead atoms. The summed E-state index contributed by atoms with van der Waals surface area (Å²) in [5, 5.41) is 14.2. The molecular formula is C20H37IN6S2. The van der Waals surface area contributed by atoms with Crippen LogP contribution in [0.5, 0.6) is 0 Å². The van der Waals surface area contributed by atoms with Gasteiger partial charge in [0, 0.05) is 49.6 Å². The molecule has 0 radical (unpaired) electrons.